The molecule has 1 saturated heterocycles. The van der Waals surface area contributed by atoms with Crippen LogP contribution in [0.15, 0.2) is 47.3 Å². The molecule has 0 radical (unpaired) electrons. The summed E-state index contributed by atoms with van der Waals surface area (Å²) in [5.74, 6) is 2.08. The standard InChI is InChI=1S/C28H35N3O4/c1-4-5-14-31-27(32)25-9-7-6-8-24(25)26(29-31)28(33)30-15-12-20(13-16-30)10-11-21-17-22(34-2)19-23(18-21)35-3/h6-9,17-20H,4-5,10-16H2,1-3H3. The number of carbonyl (C=O) groups is 1. The van der Waals surface area contributed by atoms with Gasteiger partial charge in [0.2, 0.25) is 0 Å². The average Bonchev–Trinajstić information content (AvgIpc) is 2.91. The Morgan fingerprint density at radius 2 is 1.69 bits per heavy atom. The predicted octanol–water partition coefficient (Wildman–Crippen LogP) is 4.70. The normalized spacial score (nSPS) is 14.3. The molecule has 7 nitrogen and oxygen atoms in total. The summed E-state index contributed by atoms with van der Waals surface area (Å²) in [6.45, 7) is 4.01. The predicted molar refractivity (Wildman–Crippen MR) is 137 cm³/mol. The van der Waals surface area contributed by atoms with E-state index in [1.54, 1.807) is 20.3 Å². The van der Waals surface area contributed by atoms with Gasteiger partial charge in [0.05, 0.1) is 19.6 Å². The van der Waals surface area contributed by atoms with Gasteiger partial charge in [-0.1, -0.05) is 31.5 Å². The number of piperidine rings is 1. The van der Waals surface area contributed by atoms with E-state index in [0.29, 0.717) is 42.0 Å². The van der Waals surface area contributed by atoms with Crippen molar-refractivity contribution >= 4 is 16.7 Å². The zero-order valence-electron chi connectivity index (χ0n) is 21.0. The number of hydrogen-bond donors (Lipinski definition) is 0. The topological polar surface area (TPSA) is 73.7 Å². The van der Waals surface area contributed by atoms with Crippen LogP contribution < -0.4 is 15.0 Å². The molecule has 0 N–H and O–H groups in total. The van der Waals surface area contributed by atoms with Crippen molar-refractivity contribution in [2.24, 2.45) is 5.92 Å². The third-order valence-electron chi connectivity index (χ3n) is 6.95. The van der Waals surface area contributed by atoms with Crippen LogP contribution in [0.25, 0.3) is 10.8 Å². The molecule has 0 bridgehead atoms. The molecular weight excluding hydrogens is 442 g/mol. The summed E-state index contributed by atoms with van der Waals surface area (Å²) in [6.07, 6.45) is 5.73. The first-order chi connectivity index (χ1) is 17.0. The van der Waals surface area contributed by atoms with E-state index in [2.05, 4.69) is 24.2 Å². The lowest BCUT2D eigenvalue weighted by Crippen LogP contribution is -2.40. The maximum Gasteiger partial charge on any atom is 0.274 e. The SMILES string of the molecule is CCCCn1nc(C(=O)N2CCC(CCc3cc(OC)cc(OC)c3)CC2)c2ccccc2c1=O. The van der Waals surface area contributed by atoms with Gasteiger partial charge >= 0.3 is 0 Å². The van der Waals surface area contributed by atoms with Gasteiger partial charge in [-0.2, -0.15) is 5.10 Å². The van der Waals surface area contributed by atoms with Crippen LogP contribution in [0, 0.1) is 5.92 Å². The maximum absolute atomic E-state index is 13.5. The molecule has 0 unspecified atom stereocenters. The van der Waals surface area contributed by atoms with Gasteiger partial charge < -0.3 is 14.4 Å². The van der Waals surface area contributed by atoms with Crippen molar-refractivity contribution < 1.29 is 14.3 Å². The van der Waals surface area contributed by atoms with Crippen LogP contribution in [-0.2, 0) is 13.0 Å². The first-order valence-corrected chi connectivity index (χ1v) is 12.5. The molecule has 1 aromatic heterocycles. The molecule has 1 aliphatic rings. The number of rotatable bonds is 9. The second kappa shape index (κ2) is 11.4. The molecule has 35 heavy (non-hydrogen) atoms. The van der Waals surface area contributed by atoms with Gasteiger partial charge in [-0.15, -0.1) is 0 Å². The van der Waals surface area contributed by atoms with Gasteiger partial charge in [-0.05, 0) is 61.8 Å². The molecule has 186 valence electrons. The van der Waals surface area contributed by atoms with E-state index in [9.17, 15) is 9.59 Å². The first kappa shape index (κ1) is 24.8. The van der Waals surface area contributed by atoms with E-state index >= 15 is 0 Å². The Bertz CT molecular complexity index is 1210. The molecule has 7 heteroatoms. The summed E-state index contributed by atoms with van der Waals surface area (Å²) in [5, 5.41) is 5.73. The van der Waals surface area contributed by atoms with Gasteiger partial charge in [0.15, 0.2) is 5.69 Å². The minimum absolute atomic E-state index is 0.0811. The van der Waals surface area contributed by atoms with Crippen molar-refractivity contribution in [2.75, 3.05) is 27.3 Å². The number of amides is 1. The number of fused-ring (bicyclic) bond motifs is 1. The summed E-state index contributed by atoms with van der Waals surface area (Å²) in [5.41, 5.74) is 1.46. The van der Waals surface area contributed by atoms with Crippen LogP contribution in [0.2, 0.25) is 0 Å². The van der Waals surface area contributed by atoms with Crippen LogP contribution in [0.3, 0.4) is 0 Å². The fraction of sp³-hybridized carbons (Fsp3) is 0.464. The number of likely N-dealkylation sites (tertiary alicyclic amines) is 1. The zero-order chi connectivity index (χ0) is 24.8. The van der Waals surface area contributed by atoms with Crippen molar-refractivity contribution in [2.45, 2.75) is 52.0 Å². The summed E-state index contributed by atoms with van der Waals surface area (Å²) >= 11 is 0. The van der Waals surface area contributed by atoms with Crippen LogP contribution in [0.5, 0.6) is 11.5 Å². The fourth-order valence-electron chi connectivity index (χ4n) is 4.81. The van der Waals surface area contributed by atoms with Crippen molar-refractivity contribution in [1.29, 1.82) is 0 Å². The largest absolute Gasteiger partial charge is 0.497 e. The van der Waals surface area contributed by atoms with Gasteiger partial charge in [0.1, 0.15) is 11.5 Å². The monoisotopic (exact) mass is 477 g/mol. The summed E-state index contributed by atoms with van der Waals surface area (Å²) < 4.78 is 12.2. The number of methoxy groups -OCH3 is 2. The Balaban J connectivity index is 1.43. The number of carbonyl (C=O) groups excluding carboxylic acids is 1. The minimum atomic E-state index is -0.126. The highest BCUT2D eigenvalue weighted by Crippen LogP contribution is 2.28. The Kier molecular flexibility index (Phi) is 8.06. The number of unbranched alkanes of at least 4 members (excludes halogenated alkanes) is 1. The second-order valence-electron chi connectivity index (χ2n) is 9.27. The van der Waals surface area contributed by atoms with E-state index in [1.807, 2.05) is 29.2 Å². The number of aryl methyl sites for hydroxylation is 2. The van der Waals surface area contributed by atoms with Gasteiger partial charge in [0, 0.05) is 31.1 Å². The third-order valence-corrected chi connectivity index (χ3v) is 6.95. The number of hydrogen-bond acceptors (Lipinski definition) is 5. The number of aromatic nitrogens is 2. The van der Waals surface area contributed by atoms with Crippen molar-refractivity contribution in [3.05, 3.63) is 64.1 Å². The minimum Gasteiger partial charge on any atom is -0.497 e. The first-order valence-electron chi connectivity index (χ1n) is 12.5. The zero-order valence-corrected chi connectivity index (χ0v) is 21.0. The highest BCUT2D eigenvalue weighted by Gasteiger charge is 2.26. The summed E-state index contributed by atoms with van der Waals surface area (Å²) in [6, 6.07) is 13.3. The molecule has 2 aromatic carbocycles. The lowest BCUT2D eigenvalue weighted by atomic mass is 9.90. The smallest absolute Gasteiger partial charge is 0.274 e. The van der Waals surface area contributed by atoms with E-state index in [4.69, 9.17) is 9.47 Å². The molecule has 1 aliphatic heterocycles. The molecule has 0 atom stereocenters. The summed E-state index contributed by atoms with van der Waals surface area (Å²) in [7, 11) is 3.33. The molecule has 3 aromatic rings. The highest BCUT2D eigenvalue weighted by atomic mass is 16.5. The summed E-state index contributed by atoms with van der Waals surface area (Å²) in [4.78, 5) is 28.3. The maximum atomic E-state index is 13.5. The quantitative estimate of drug-likeness (QED) is 0.447. The van der Waals surface area contributed by atoms with Crippen LogP contribution in [0.4, 0.5) is 0 Å². The van der Waals surface area contributed by atoms with E-state index in [1.165, 1.54) is 10.2 Å². The van der Waals surface area contributed by atoms with Gasteiger partial charge in [-0.3, -0.25) is 9.59 Å². The molecule has 1 amide bonds. The molecule has 2 heterocycles. The number of ether oxygens (including phenoxy) is 2. The van der Waals surface area contributed by atoms with E-state index in [0.717, 1.165) is 50.0 Å². The molecule has 4 rings (SSSR count). The molecule has 0 spiro atoms. The Labute approximate surface area is 206 Å². The van der Waals surface area contributed by atoms with Crippen molar-refractivity contribution in [1.82, 2.24) is 14.7 Å². The van der Waals surface area contributed by atoms with Gasteiger partial charge in [-0.25, -0.2) is 4.68 Å². The van der Waals surface area contributed by atoms with Crippen molar-refractivity contribution in [3.63, 3.8) is 0 Å². The molecule has 0 saturated carbocycles. The molecule has 1 fully saturated rings. The number of benzene rings is 2. The van der Waals surface area contributed by atoms with Crippen LogP contribution >= 0.6 is 0 Å². The lowest BCUT2D eigenvalue weighted by Gasteiger charge is -2.32. The second-order valence-corrected chi connectivity index (χ2v) is 9.27. The van der Waals surface area contributed by atoms with Crippen LogP contribution in [0.1, 0.15) is 55.1 Å². The Morgan fingerprint density at radius 3 is 2.31 bits per heavy atom. The third kappa shape index (κ3) is 5.66. The van der Waals surface area contributed by atoms with Gasteiger partial charge in [0.25, 0.3) is 11.5 Å². The lowest BCUT2D eigenvalue weighted by molar-refractivity contribution is 0.0680. The Morgan fingerprint density at radius 1 is 1.03 bits per heavy atom. The molecular formula is C28H35N3O4. The van der Waals surface area contributed by atoms with Crippen molar-refractivity contribution in [3.8, 4) is 11.5 Å². The van der Waals surface area contributed by atoms with E-state index in [-0.39, 0.29) is 11.5 Å². The highest BCUT2D eigenvalue weighted by molar-refractivity contribution is 6.04. The fourth-order valence-corrected chi connectivity index (χ4v) is 4.81. The Hall–Kier alpha value is -3.35. The number of nitrogens with zero attached hydrogens (tertiary/aromatic N) is 3. The van der Waals surface area contributed by atoms with E-state index < -0.39 is 0 Å². The van der Waals surface area contributed by atoms with Crippen LogP contribution in [-0.4, -0.2) is 47.9 Å². The average molecular weight is 478 g/mol. The molecule has 0 aliphatic carbocycles.